The topological polar surface area (TPSA) is 70.7 Å². The molecule has 0 radical (unpaired) electrons. The average molecular weight is 257 g/mol. The summed E-state index contributed by atoms with van der Waals surface area (Å²) >= 11 is 3.23. The third kappa shape index (κ3) is 1.26. The van der Waals surface area contributed by atoms with Gasteiger partial charge in [-0.3, -0.25) is 0 Å². The number of hydrogen-bond acceptors (Lipinski definition) is 3. The number of carbonyl (C=O) groups is 1. The number of carboxylic acids is 1. The van der Waals surface area contributed by atoms with Crippen molar-refractivity contribution in [3.8, 4) is 5.75 Å². The first-order chi connectivity index (χ1) is 6.59. The lowest BCUT2D eigenvalue weighted by Crippen LogP contribution is -1.91. The zero-order chi connectivity index (χ0) is 10.3. The number of hydrogen-bond donors (Lipinski definition) is 2. The maximum atomic E-state index is 10.6. The second kappa shape index (κ2) is 3.02. The molecular weight excluding hydrogens is 252 g/mol. The smallest absolute Gasteiger partial charge is 0.371 e. The van der Waals surface area contributed by atoms with Crippen LogP contribution in [0.3, 0.4) is 0 Å². The number of furan rings is 1. The minimum absolute atomic E-state index is 0.0734. The summed E-state index contributed by atoms with van der Waals surface area (Å²) in [6.07, 6.45) is 0. The summed E-state index contributed by atoms with van der Waals surface area (Å²) in [5, 5.41) is 18.6. The number of aromatic hydroxyl groups is 1. The lowest BCUT2D eigenvalue weighted by atomic mass is 10.2. The maximum absolute atomic E-state index is 10.6. The molecule has 0 bridgehead atoms. The van der Waals surface area contributed by atoms with Gasteiger partial charge in [0.15, 0.2) is 11.3 Å². The highest BCUT2D eigenvalue weighted by Gasteiger charge is 2.14. The van der Waals surface area contributed by atoms with E-state index in [0.717, 1.165) is 0 Å². The minimum Gasteiger partial charge on any atom is -0.504 e. The highest BCUT2D eigenvalue weighted by molar-refractivity contribution is 9.10. The molecule has 5 heteroatoms. The van der Waals surface area contributed by atoms with Gasteiger partial charge in [-0.05, 0) is 12.1 Å². The van der Waals surface area contributed by atoms with Crippen molar-refractivity contribution < 1.29 is 19.4 Å². The summed E-state index contributed by atoms with van der Waals surface area (Å²) < 4.78 is 5.64. The summed E-state index contributed by atoms with van der Waals surface area (Å²) in [5.74, 6) is -1.43. The third-order valence-electron chi connectivity index (χ3n) is 1.82. The van der Waals surface area contributed by atoms with Crippen molar-refractivity contribution in [1.29, 1.82) is 0 Å². The first-order valence-corrected chi connectivity index (χ1v) is 4.53. The van der Waals surface area contributed by atoms with Gasteiger partial charge >= 0.3 is 5.97 Å². The molecule has 14 heavy (non-hydrogen) atoms. The fourth-order valence-corrected chi connectivity index (χ4v) is 1.61. The molecule has 1 aromatic carbocycles. The molecule has 0 aliphatic carbocycles. The number of phenolic OH excluding ortho intramolecular Hbond substituents is 1. The minimum atomic E-state index is -1.16. The van der Waals surface area contributed by atoms with Crippen molar-refractivity contribution in [2.45, 2.75) is 0 Å². The Morgan fingerprint density at radius 3 is 2.71 bits per heavy atom. The zero-order valence-corrected chi connectivity index (χ0v) is 8.41. The normalized spacial score (nSPS) is 10.6. The van der Waals surface area contributed by atoms with Crippen molar-refractivity contribution in [1.82, 2.24) is 0 Å². The van der Waals surface area contributed by atoms with E-state index in [-0.39, 0.29) is 17.1 Å². The van der Waals surface area contributed by atoms with E-state index >= 15 is 0 Å². The van der Waals surface area contributed by atoms with E-state index in [9.17, 15) is 9.90 Å². The summed E-state index contributed by atoms with van der Waals surface area (Å²) in [4.78, 5) is 10.6. The third-order valence-corrected chi connectivity index (χ3v) is 2.51. The molecular formula is C9H5BrO4. The largest absolute Gasteiger partial charge is 0.504 e. The van der Waals surface area contributed by atoms with Crippen molar-refractivity contribution in [3.05, 3.63) is 28.4 Å². The Morgan fingerprint density at radius 1 is 1.43 bits per heavy atom. The summed E-state index contributed by atoms with van der Waals surface area (Å²) in [7, 11) is 0. The van der Waals surface area contributed by atoms with Crippen LogP contribution in [-0.2, 0) is 0 Å². The van der Waals surface area contributed by atoms with Gasteiger partial charge in [0.1, 0.15) is 0 Å². The molecule has 0 amide bonds. The number of aromatic carboxylic acids is 1. The highest BCUT2D eigenvalue weighted by atomic mass is 79.9. The van der Waals surface area contributed by atoms with E-state index in [1.165, 1.54) is 12.1 Å². The number of carboxylic acid groups (broad SMARTS) is 1. The fourth-order valence-electron chi connectivity index (χ4n) is 1.18. The van der Waals surface area contributed by atoms with E-state index in [0.29, 0.717) is 9.86 Å². The van der Waals surface area contributed by atoms with Crippen LogP contribution in [0, 0.1) is 0 Å². The van der Waals surface area contributed by atoms with Gasteiger partial charge in [0.05, 0.1) is 0 Å². The molecule has 2 N–H and O–H groups in total. The molecule has 0 aliphatic heterocycles. The Bertz CT molecular complexity index is 476. The number of halogens is 1. The molecule has 2 aromatic rings. The van der Waals surface area contributed by atoms with Gasteiger partial charge in [-0.15, -0.1) is 0 Å². The van der Waals surface area contributed by atoms with Crippen LogP contribution in [0.4, 0.5) is 0 Å². The van der Waals surface area contributed by atoms with Crippen molar-refractivity contribution >= 4 is 32.9 Å². The fraction of sp³-hybridized carbons (Fsp3) is 0. The number of phenols is 1. The van der Waals surface area contributed by atoms with E-state index in [1.54, 1.807) is 6.07 Å². The Kier molecular flexibility index (Phi) is 1.96. The molecule has 2 rings (SSSR count). The predicted octanol–water partition coefficient (Wildman–Crippen LogP) is 2.60. The van der Waals surface area contributed by atoms with E-state index < -0.39 is 5.97 Å². The van der Waals surface area contributed by atoms with Gasteiger partial charge in [-0.1, -0.05) is 15.9 Å². The summed E-state index contributed by atoms with van der Waals surface area (Å²) in [6.45, 7) is 0. The van der Waals surface area contributed by atoms with E-state index in [4.69, 9.17) is 9.52 Å². The molecule has 0 fully saturated rings. The molecule has 1 heterocycles. The number of benzene rings is 1. The molecule has 0 spiro atoms. The predicted molar refractivity (Wildman–Crippen MR) is 52.5 cm³/mol. The van der Waals surface area contributed by atoms with Crippen molar-refractivity contribution in [2.75, 3.05) is 0 Å². The quantitative estimate of drug-likeness (QED) is 0.823. The molecule has 72 valence electrons. The van der Waals surface area contributed by atoms with Gasteiger partial charge < -0.3 is 14.6 Å². The van der Waals surface area contributed by atoms with Crippen LogP contribution in [0.1, 0.15) is 10.6 Å². The molecule has 4 nitrogen and oxygen atoms in total. The summed E-state index contributed by atoms with van der Waals surface area (Å²) in [6, 6.07) is 4.42. The van der Waals surface area contributed by atoms with Crippen molar-refractivity contribution in [3.63, 3.8) is 0 Å². The molecule has 0 unspecified atom stereocenters. The van der Waals surface area contributed by atoms with Crippen LogP contribution in [0.15, 0.2) is 27.1 Å². The van der Waals surface area contributed by atoms with Crippen LogP contribution in [0.5, 0.6) is 5.75 Å². The van der Waals surface area contributed by atoms with Gasteiger partial charge in [-0.2, -0.15) is 0 Å². The zero-order valence-electron chi connectivity index (χ0n) is 6.82. The Labute approximate surface area is 86.9 Å². The highest BCUT2D eigenvalue weighted by Crippen LogP contribution is 2.33. The lowest BCUT2D eigenvalue weighted by molar-refractivity contribution is 0.0665. The van der Waals surface area contributed by atoms with Crippen LogP contribution >= 0.6 is 15.9 Å². The molecule has 0 saturated heterocycles. The van der Waals surface area contributed by atoms with Gasteiger partial charge in [0, 0.05) is 15.9 Å². The van der Waals surface area contributed by atoms with Gasteiger partial charge in [0.2, 0.25) is 5.76 Å². The molecule has 0 aliphatic rings. The number of rotatable bonds is 1. The van der Waals surface area contributed by atoms with Crippen LogP contribution in [-0.4, -0.2) is 16.2 Å². The summed E-state index contributed by atoms with van der Waals surface area (Å²) in [5.41, 5.74) is 0.178. The molecule has 1 aromatic heterocycles. The Hall–Kier alpha value is -1.49. The van der Waals surface area contributed by atoms with Crippen LogP contribution in [0.25, 0.3) is 11.0 Å². The standard InChI is InChI=1S/C9H5BrO4/c10-5-1-2-6(11)8-4(5)3-7(14-8)9(12)13/h1-3,11H,(H,12,13). The number of fused-ring (bicyclic) bond motifs is 1. The Balaban J connectivity index is 2.82. The van der Waals surface area contributed by atoms with E-state index in [2.05, 4.69) is 15.9 Å². The first kappa shape index (κ1) is 9.08. The van der Waals surface area contributed by atoms with Crippen molar-refractivity contribution in [2.24, 2.45) is 0 Å². The molecule has 0 atom stereocenters. The second-order valence-electron chi connectivity index (χ2n) is 2.73. The maximum Gasteiger partial charge on any atom is 0.371 e. The average Bonchev–Trinajstić information content (AvgIpc) is 2.57. The Morgan fingerprint density at radius 2 is 2.14 bits per heavy atom. The monoisotopic (exact) mass is 256 g/mol. The van der Waals surface area contributed by atoms with E-state index in [1.807, 2.05) is 0 Å². The lowest BCUT2D eigenvalue weighted by Gasteiger charge is -1.94. The van der Waals surface area contributed by atoms with Gasteiger partial charge in [-0.25, -0.2) is 4.79 Å². The molecule has 0 saturated carbocycles. The van der Waals surface area contributed by atoms with Crippen LogP contribution in [0.2, 0.25) is 0 Å². The second-order valence-corrected chi connectivity index (χ2v) is 3.58. The first-order valence-electron chi connectivity index (χ1n) is 3.74. The van der Waals surface area contributed by atoms with Gasteiger partial charge in [0.25, 0.3) is 0 Å². The van der Waals surface area contributed by atoms with Crippen LogP contribution < -0.4 is 0 Å². The SMILES string of the molecule is O=C(O)c1cc2c(Br)ccc(O)c2o1.